The van der Waals surface area contributed by atoms with Crippen LogP contribution >= 0.6 is 24.8 Å². The molecule has 0 bridgehead atoms. The molecule has 2 heterocycles. The zero-order chi connectivity index (χ0) is 16.9. The SMILES string of the molecule is CC[C@H]1CNCCC1CC[C@@H](O)c1ccnc2ccc(OC)cc12.Cl.Cl. The maximum Gasteiger partial charge on any atom is 0.119 e. The van der Waals surface area contributed by atoms with E-state index in [0.29, 0.717) is 5.92 Å². The van der Waals surface area contributed by atoms with Gasteiger partial charge in [-0.05, 0) is 74.0 Å². The van der Waals surface area contributed by atoms with Crippen LogP contribution in [-0.4, -0.2) is 30.3 Å². The molecule has 2 aromatic rings. The van der Waals surface area contributed by atoms with Crippen molar-refractivity contribution < 1.29 is 9.84 Å². The maximum absolute atomic E-state index is 10.8. The van der Waals surface area contributed by atoms with Gasteiger partial charge in [-0.1, -0.05) is 13.3 Å². The molecular formula is C20H30Cl2N2O2. The third kappa shape index (κ3) is 5.23. The summed E-state index contributed by atoms with van der Waals surface area (Å²) in [6.07, 6.45) is 5.65. The summed E-state index contributed by atoms with van der Waals surface area (Å²) in [7, 11) is 1.66. The van der Waals surface area contributed by atoms with Gasteiger partial charge in [-0.25, -0.2) is 0 Å². The Morgan fingerprint density at radius 3 is 2.81 bits per heavy atom. The van der Waals surface area contributed by atoms with Gasteiger partial charge in [0.15, 0.2) is 0 Å². The standard InChI is InChI=1S/C20H28N2O2.2ClH/c1-3-14-13-21-10-8-15(14)4-7-20(23)17-9-11-22-19-6-5-16(24-2)12-18(17)19;;/h5-6,9,11-12,14-15,20-21,23H,3-4,7-8,10,13H2,1-2H3;2*1H/t14-,15?,20+;;/m0../s1. The molecule has 1 saturated heterocycles. The fourth-order valence-corrected chi connectivity index (χ4v) is 3.93. The van der Waals surface area contributed by atoms with E-state index in [-0.39, 0.29) is 24.8 Å². The molecule has 1 fully saturated rings. The van der Waals surface area contributed by atoms with E-state index in [2.05, 4.69) is 17.2 Å². The average molecular weight is 401 g/mol. The highest BCUT2D eigenvalue weighted by Crippen LogP contribution is 2.33. The molecule has 0 saturated carbocycles. The van der Waals surface area contributed by atoms with Gasteiger partial charge in [0, 0.05) is 11.6 Å². The van der Waals surface area contributed by atoms with Crippen LogP contribution in [0.1, 0.15) is 44.3 Å². The number of pyridine rings is 1. The lowest BCUT2D eigenvalue weighted by Gasteiger charge is -2.32. The first-order chi connectivity index (χ1) is 11.7. The molecule has 0 amide bonds. The summed E-state index contributed by atoms with van der Waals surface area (Å²) in [5.74, 6) is 2.25. The Balaban J connectivity index is 0.00000169. The minimum atomic E-state index is -0.449. The maximum atomic E-state index is 10.8. The molecule has 1 aliphatic heterocycles. The number of ether oxygens (including phenoxy) is 1. The van der Waals surface area contributed by atoms with Crippen LogP contribution in [0, 0.1) is 11.8 Å². The van der Waals surface area contributed by atoms with Gasteiger partial charge in [-0.15, -0.1) is 24.8 Å². The van der Waals surface area contributed by atoms with Gasteiger partial charge >= 0.3 is 0 Å². The van der Waals surface area contributed by atoms with E-state index in [0.717, 1.165) is 54.1 Å². The second-order valence-electron chi connectivity index (χ2n) is 6.80. The Morgan fingerprint density at radius 2 is 2.08 bits per heavy atom. The lowest BCUT2D eigenvalue weighted by atomic mass is 9.80. The number of aromatic nitrogens is 1. The molecule has 2 N–H and O–H groups in total. The van der Waals surface area contributed by atoms with Crippen molar-refractivity contribution in [3.63, 3.8) is 0 Å². The summed E-state index contributed by atoms with van der Waals surface area (Å²) in [5.41, 5.74) is 1.86. The van der Waals surface area contributed by atoms with E-state index in [1.54, 1.807) is 13.3 Å². The first kappa shape index (κ1) is 23.0. The molecule has 0 aliphatic carbocycles. The minimum absolute atomic E-state index is 0. The molecule has 26 heavy (non-hydrogen) atoms. The quantitative estimate of drug-likeness (QED) is 0.747. The number of halogens is 2. The van der Waals surface area contributed by atoms with Crippen LogP contribution in [0.4, 0.5) is 0 Å². The summed E-state index contributed by atoms with van der Waals surface area (Å²) in [6.45, 7) is 4.49. The van der Waals surface area contributed by atoms with Gasteiger partial charge < -0.3 is 15.2 Å². The highest BCUT2D eigenvalue weighted by molar-refractivity contribution is 5.85. The average Bonchev–Trinajstić information content (AvgIpc) is 2.65. The van der Waals surface area contributed by atoms with Crippen LogP contribution in [0.25, 0.3) is 10.9 Å². The Kier molecular flexibility index (Phi) is 9.66. The third-order valence-corrected chi connectivity index (χ3v) is 5.44. The highest BCUT2D eigenvalue weighted by atomic mass is 35.5. The molecule has 1 aromatic carbocycles. The third-order valence-electron chi connectivity index (χ3n) is 5.44. The van der Waals surface area contributed by atoms with Gasteiger partial charge in [0.2, 0.25) is 0 Å². The van der Waals surface area contributed by atoms with Crippen LogP contribution in [0.5, 0.6) is 5.75 Å². The second-order valence-corrected chi connectivity index (χ2v) is 6.80. The molecular weight excluding hydrogens is 371 g/mol. The minimum Gasteiger partial charge on any atom is -0.497 e. The first-order valence-corrected chi connectivity index (χ1v) is 9.04. The molecule has 3 atom stereocenters. The Morgan fingerprint density at radius 1 is 1.27 bits per heavy atom. The van der Waals surface area contributed by atoms with Crippen molar-refractivity contribution in [3.8, 4) is 5.75 Å². The summed E-state index contributed by atoms with van der Waals surface area (Å²) in [4.78, 5) is 4.40. The smallest absolute Gasteiger partial charge is 0.119 e. The van der Waals surface area contributed by atoms with E-state index in [1.807, 2.05) is 24.3 Å². The lowest BCUT2D eigenvalue weighted by molar-refractivity contribution is 0.139. The number of aliphatic hydroxyl groups excluding tert-OH is 1. The number of nitrogens with zero attached hydrogens (tertiary/aromatic N) is 1. The van der Waals surface area contributed by atoms with E-state index in [9.17, 15) is 5.11 Å². The number of nitrogens with one attached hydrogen (secondary N) is 1. The molecule has 146 valence electrons. The van der Waals surface area contributed by atoms with Gasteiger partial charge in [-0.2, -0.15) is 0 Å². The van der Waals surface area contributed by atoms with Gasteiger partial charge in [0.1, 0.15) is 5.75 Å². The Bertz CT molecular complexity index is 684. The van der Waals surface area contributed by atoms with Gasteiger partial charge in [0.05, 0.1) is 18.7 Å². The largest absolute Gasteiger partial charge is 0.497 e. The summed E-state index contributed by atoms with van der Waals surface area (Å²) < 4.78 is 5.32. The van der Waals surface area contributed by atoms with E-state index >= 15 is 0 Å². The van der Waals surface area contributed by atoms with Gasteiger partial charge in [-0.3, -0.25) is 4.98 Å². The zero-order valence-corrected chi connectivity index (χ0v) is 17.1. The van der Waals surface area contributed by atoms with Crippen molar-refractivity contribution in [1.29, 1.82) is 0 Å². The van der Waals surface area contributed by atoms with Crippen molar-refractivity contribution in [3.05, 3.63) is 36.0 Å². The van der Waals surface area contributed by atoms with E-state index in [1.165, 1.54) is 12.8 Å². The molecule has 4 nitrogen and oxygen atoms in total. The summed E-state index contributed by atoms with van der Waals surface area (Å²) in [5, 5.41) is 15.3. The number of methoxy groups -OCH3 is 1. The zero-order valence-electron chi connectivity index (χ0n) is 15.5. The number of hydrogen-bond acceptors (Lipinski definition) is 4. The lowest BCUT2D eigenvalue weighted by Crippen LogP contribution is -2.36. The Labute approximate surface area is 168 Å². The van der Waals surface area contributed by atoms with Gasteiger partial charge in [0.25, 0.3) is 0 Å². The summed E-state index contributed by atoms with van der Waals surface area (Å²) >= 11 is 0. The number of aliphatic hydroxyl groups is 1. The fraction of sp³-hybridized carbons (Fsp3) is 0.550. The number of benzene rings is 1. The molecule has 1 aromatic heterocycles. The second kappa shape index (κ2) is 10.9. The van der Waals surface area contributed by atoms with E-state index < -0.39 is 6.10 Å². The van der Waals surface area contributed by atoms with Crippen molar-refractivity contribution >= 4 is 35.7 Å². The molecule has 0 radical (unpaired) electrons. The van der Waals surface area contributed by atoms with Crippen LogP contribution < -0.4 is 10.1 Å². The predicted molar refractivity (Wildman–Crippen MR) is 112 cm³/mol. The van der Waals surface area contributed by atoms with Crippen molar-refractivity contribution in [2.75, 3.05) is 20.2 Å². The molecule has 0 spiro atoms. The number of piperidine rings is 1. The van der Waals surface area contributed by atoms with Crippen LogP contribution in [0.15, 0.2) is 30.5 Å². The van der Waals surface area contributed by atoms with Crippen LogP contribution in [0.2, 0.25) is 0 Å². The molecule has 6 heteroatoms. The summed E-state index contributed by atoms with van der Waals surface area (Å²) in [6, 6.07) is 7.77. The Hall–Kier alpha value is -1.07. The fourth-order valence-electron chi connectivity index (χ4n) is 3.93. The predicted octanol–water partition coefficient (Wildman–Crippen LogP) is 4.54. The van der Waals surface area contributed by atoms with E-state index in [4.69, 9.17) is 4.74 Å². The normalized spacial score (nSPS) is 20.7. The van der Waals surface area contributed by atoms with Crippen molar-refractivity contribution in [2.24, 2.45) is 11.8 Å². The van der Waals surface area contributed by atoms with Crippen molar-refractivity contribution in [1.82, 2.24) is 10.3 Å². The molecule has 3 rings (SSSR count). The molecule has 1 unspecified atom stereocenters. The number of hydrogen-bond donors (Lipinski definition) is 2. The molecule has 1 aliphatic rings. The topological polar surface area (TPSA) is 54.4 Å². The number of rotatable bonds is 6. The number of fused-ring (bicyclic) bond motifs is 1. The monoisotopic (exact) mass is 400 g/mol. The highest BCUT2D eigenvalue weighted by Gasteiger charge is 2.24. The van der Waals surface area contributed by atoms with Crippen LogP contribution in [-0.2, 0) is 0 Å². The first-order valence-electron chi connectivity index (χ1n) is 9.04. The van der Waals surface area contributed by atoms with Crippen LogP contribution in [0.3, 0.4) is 0 Å². The van der Waals surface area contributed by atoms with Crippen molar-refractivity contribution in [2.45, 2.75) is 38.7 Å².